The molecule has 0 unspecified atom stereocenters. The van der Waals surface area contributed by atoms with E-state index in [9.17, 15) is 18.0 Å². The summed E-state index contributed by atoms with van der Waals surface area (Å²) in [5.74, 6) is -0.297. The maximum Gasteiger partial charge on any atom is 0.262 e. The molecule has 8 nitrogen and oxygen atoms in total. The van der Waals surface area contributed by atoms with Crippen molar-refractivity contribution in [3.8, 4) is 5.75 Å². The first-order valence-electron chi connectivity index (χ1n) is 8.75. The lowest BCUT2D eigenvalue weighted by molar-refractivity contribution is -0.126. The van der Waals surface area contributed by atoms with Gasteiger partial charge in [0, 0.05) is 31.1 Å². The number of anilines is 1. The molecule has 1 saturated heterocycles. The average molecular weight is 416 g/mol. The van der Waals surface area contributed by atoms with Crippen LogP contribution in [0.2, 0.25) is 5.02 Å². The monoisotopic (exact) mass is 415 g/mol. The zero-order chi connectivity index (χ0) is 19.8. The van der Waals surface area contributed by atoms with Crippen molar-refractivity contribution < 1.29 is 22.7 Å². The van der Waals surface area contributed by atoms with Crippen molar-refractivity contribution in [3.05, 3.63) is 17.2 Å². The van der Waals surface area contributed by atoms with E-state index in [0.717, 1.165) is 0 Å². The number of benzene rings is 1. The number of hydrogen-bond acceptors (Lipinski definition) is 5. The molecule has 1 aromatic carbocycles. The predicted molar refractivity (Wildman–Crippen MR) is 100 cm³/mol. The molecule has 0 atom stereocenters. The molecule has 2 amide bonds. The third kappa shape index (κ3) is 4.20. The quantitative estimate of drug-likeness (QED) is 0.777. The number of amides is 2. The minimum absolute atomic E-state index is 0.0132. The average Bonchev–Trinajstić information content (AvgIpc) is 2.60. The minimum Gasteiger partial charge on any atom is -0.482 e. The van der Waals surface area contributed by atoms with Gasteiger partial charge >= 0.3 is 0 Å². The first-order valence-corrected chi connectivity index (χ1v) is 10.6. The van der Waals surface area contributed by atoms with Gasteiger partial charge in [-0.05, 0) is 32.8 Å². The van der Waals surface area contributed by atoms with Crippen LogP contribution in [0.15, 0.2) is 17.0 Å². The van der Waals surface area contributed by atoms with E-state index >= 15 is 0 Å². The van der Waals surface area contributed by atoms with Crippen molar-refractivity contribution in [1.82, 2.24) is 9.62 Å². The van der Waals surface area contributed by atoms with Gasteiger partial charge in [-0.2, -0.15) is 4.31 Å². The molecule has 10 heteroatoms. The molecule has 0 aliphatic carbocycles. The van der Waals surface area contributed by atoms with E-state index in [1.165, 1.54) is 16.4 Å². The molecule has 3 rings (SSSR count). The molecule has 0 saturated carbocycles. The normalized spacial score (nSPS) is 18.6. The van der Waals surface area contributed by atoms with Gasteiger partial charge in [0.2, 0.25) is 15.9 Å². The molecule has 2 heterocycles. The molecule has 2 aliphatic rings. The summed E-state index contributed by atoms with van der Waals surface area (Å²) in [4.78, 5) is 23.4. The summed E-state index contributed by atoms with van der Waals surface area (Å²) in [6.07, 6.45) is 0.903. The number of sulfonamides is 1. The molecular weight excluding hydrogens is 394 g/mol. The van der Waals surface area contributed by atoms with E-state index in [4.69, 9.17) is 16.3 Å². The van der Waals surface area contributed by atoms with Crippen molar-refractivity contribution in [2.75, 3.05) is 25.0 Å². The summed E-state index contributed by atoms with van der Waals surface area (Å²) in [6.45, 7) is 4.08. The number of halogens is 1. The van der Waals surface area contributed by atoms with E-state index in [1.54, 1.807) is 0 Å². The molecule has 0 radical (unpaired) electrons. The third-order valence-corrected chi connectivity index (χ3v) is 6.90. The van der Waals surface area contributed by atoms with Crippen LogP contribution in [-0.2, 0) is 19.6 Å². The zero-order valence-electron chi connectivity index (χ0n) is 15.1. The lowest BCUT2D eigenvalue weighted by Crippen LogP contribution is -2.44. The Labute approximate surface area is 163 Å². The van der Waals surface area contributed by atoms with Gasteiger partial charge in [-0.3, -0.25) is 9.59 Å². The third-order valence-electron chi connectivity index (χ3n) is 4.54. The van der Waals surface area contributed by atoms with Crippen LogP contribution in [0.25, 0.3) is 0 Å². The Hall–Kier alpha value is -1.84. The second-order valence-electron chi connectivity index (χ2n) is 6.96. The van der Waals surface area contributed by atoms with Crippen LogP contribution in [0, 0.1) is 5.92 Å². The molecule has 1 fully saturated rings. The Kier molecular flexibility index (Phi) is 5.64. The number of rotatable bonds is 4. The van der Waals surface area contributed by atoms with Crippen molar-refractivity contribution in [2.45, 2.75) is 37.6 Å². The standard InChI is InChI=1S/C17H22ClN3O5S/c1-10(2)19-17(23)11-3-5-21(6-4-11)27(24,25)15-8-14-13(7-12(15)18)20-16(22)9-26-14/h7-8,10-11H,3-6,9H2,1-2H3,(H,19,23)(H,20,22). The van der Waals surface area contributed by atoms with E-state index < -0.39 is 10.0 Å². The summed E-state index contributed by atoms with van der Waals surface area (Å²) >= 11 is 6.17. The maximum atomic E-state index is 13.0. The molecule has 0 spiro atoms. The highest BCUT2D eigenvalue weighted by atomic mass is 35.5. The van der Waals surface area contributed by atoms with Crippen LogP contribution in [0.4, 0.5) is 5.69 Å². The van der Waals surface area contributed by atoms with Gasteiger partial charge in [0.05, 0.1) is 10.7 Å². The number of carbonyl (C=O) groups excluding carboxylic acids is 2. The van der Waals surface area contributed by atoms with Gasteiger partial charge in [-0.15, -0.1) is 0 Å². The van der Waals surface area contributed by atoms with Gasteiger partial charge in [-0.1, -0.05) is 11.6 Å². The van der Waals surface area contributed by atoms with E-state index in [-0.39, 0.29) is 59.1 Å². The van der Waals surface area contributed by atoms with Crippen molar-refractivity contribution in [2.24, 2.45) is 5.92 Å². The molecule has 2 aliphatic heterocycles. The Morgan fingerprint density at radius 1 is 1.33 bits per heavy atom. The largest absolute Gasteiger partial charge is 0.482 e. The predicted octanol–water partition coefficient (Wildman–Crippen LogP) is 1.60. The lowest BCUT2D eigenvalue weighted by Gasteiger charge is -2.31. The topological polar surface area (TPSA) is 105 Å². The Morgan fingerprint density at radius 3 is 2.63 bits per heavy atom. The number of piperidine rings is 1. The number of fused-ring (bicyclic) bond motifs is 1. The molecule has 27 heavy (non-hydrogen) atoms. The van der Waals surface area contributed by atoms with Crippen molar-refractivity contribution >= 4 is 39.1 Å². The van der Waals surface area contributed by atoms with Gasteiger partial charge in [0.1, 0.15) is 10.6 Å². The molecule has 1 aromatic rings. The Morgan fingerprint density at radius 2 is 2.00 bits per heavy atom. The van der Waals surface area contributed by atoms with E-state index in [2.05, 4.69) is 10.6 Å². The van der Waals surface area contributed by atoms with Crippen LogP contribution < -0.4 is 15.4 Å². The highest BCUT2D eigenvalue weighted by Gasteiger charge is 2.34. The maximum absolute atomic E-state index is 13.0. The van der Waals surface area contributed by atoms with Gasteiger partial charge in [0.25, 0.3) is 5.91 Å². The van der Waals surface area contributed by atoms with Gasteiger partial charge in [-0.25, -0.2) is 8.42 Å². The van der Waals surface area contributed by atoms with E-state index in [1.807, 2.05) is 13.8 Å². The lowest BCUT2D eigenvalue weighted by atomic mass is 9.97. The van der Waals surface area contributed by atoms with Crippen molar-refractivity contribution in [3.63, 3.8) is 0 Å². The second kappa shape index (κ2) is 7.65. The fourth-order valence-electron chi connectivity index (χ4n) is 3.18. The number of ether oxygens (including phenoxy) is 1. The van der Waals surface area contributed by atoms with Crippen LogP contribution in [0.1, 0.15) is 26.7 Å². The number of nitrogens with one attached hydrogen (secondary N) is 2. The summed E-state index contributed by atoms with van der Waals surface area (Å²) in [5, 5.41) is 5.47. The molecular formula is C17H22ClN3O5S. The molecule has 148 valence electrons. The van der Waals surface area contributed by atoms with Gasteiger partial charge < -0.3 is 15.4 Å². The SMILES string of the molecule is CC(C)NC(=O)C1CCN(S(=O)(=O)c2cc3c(cc2Cl)NC(=O)CO3)CC1. The first kappa shape index (κ1) is 19.9. The highest BCUT2D eigenvalue weighted by molar-refractivity contribution is 7.89. The molecule has 0 aromatic heterocycles. The Balaban J connectivity index is 1.76. The summed E-state index contributed by atoms with van der Waals surface area (Å²) < 4.78 is 32.6. The zero-order valence-corrected chi connectivity index (χ0v) is 16.7. The molecule has 2 N–H and O–H groups in total. The minimum atomic E-state index is -3.83. The number of hydrogen-bond donors (Lipinski definition) is 2. The molecule has 0 bridgehead atoms. The Bertz CT molecular complexity index is 864. The van der Waals surface area contributed by atoms with Crippen LogP contribution in [0.3, 0.4) is 0 Å². The van der Waals surface area contributed by atoms with Crippen LogP contribution in [0.5, 0.6) is 5.75 Å². The summed E-state index contributed by atoms with van der Waals surface area (Å²) in [5.41, 5.74) is 0.347. The highest BCUT2D eigenvalue weighted by Crippen LogP contribution is 2.37. The van der Waals surface area contributed by atoms with Crippen LogP contribution in [-0.4, -0.2) is 50.3 Å². The van der Waals surface area contributed by atoms with Gasteiger partial charge in [0.15, 0.2) is 6.61 Å². The fraction of sp³-hybridized carbons (Fsp3) is 0.529. The second-order valence-corrected chi connectivity index (χ2v) is 9.27. The smallest absolute Gasteiger partial charge is 0.262 e. The number of carbonyl (C=O) groups is 2. The first-order chi connectivity index (χ1) is 12.7. The van der Waals surface area contributed by atoms with E-state index in [0.29, 0.717) is 18.5 Å². The van der Waals surface area contributed by atoms with Crippen molar-refractivity contribution in [1.29, 1.82) is 0 Å². The van der Waals surface area contributed by atoms with Crippen LogP contribution >= 0.6 is 11.6 Å². The summed E-state index contributed by atoms with van der Waals surface area (Å²) in [6, 6.07) is 2.77. The summed E-state index contributed by atoms with van der Waals surface area (Å²) in [7, 11) is -3.83. The fourth-order valence-corrected chi connectivity index (χ4v) is 5.17. The number of nitrogens with zero attached hydrogens (tertiary/aromatic N) is 1.